The largest absolute Gasteiger partial charge is 0.445 e. The van der Waals surface area contributed by atoms with E-state index in [-0.39, 0.29) is 0 Å². The molecule has 3 nitrogen and oxygen atoms in total. The van der Waals surface area contributed by atoms with Crippen LogP contribution in [0.25, 0.3) is 0 Å². The number of ether oxygens (including phenoxy) is 1. The van der Waals surface area contributed by atoms with Crippen LogP contribution in [0.15, 0.2) is 75.8 Å². The van der Waals surface area contributed by atoms with Gasteiger partial charge in [-0.25, -0.2) is 4.79 Å². The predicted molar refractivity (Wildman–Crippen MR) is 151 cm³/mol. The fourth-order valence-electron chi connectivity index (χ4n) is 3.38. The number of carbonyl (C=O) groups is 1. The van der Waals surface area contributed by atoms with Gasteiger partial charge in [-0.2, -0.15) is 0 Å². The molecule has 0 aliphatic heterocycles. The average Bonchev–Trinajstić information content (AvgIpc) is 3.26. The number of nitrogens with one attached hydrogen (secondary N) is 1. The lowest BCUT2D eigenvalue weighted by Crippen LogP contribution is -2.12. The Morgan fingerprint density at radius 1 is 0.765 bits per heavy atom. The molecular weight excluding hydrogens is 438 g/mol. The standard InChI is InChI=1S/C30H45NO2S/c1-24(2)12-7-13-25(3)14-8-15-26(4)16-9-17-27(5)18-10-19-28(6)21-22-33-30(32)31-29-20-11-23-34-29/h11-12,14,16,18,20-21,23H,7-10,13,15,17,19,22H2,1-6H3,(H,31,32)/b25-14+,26-16+,27-18+,28-21+. The summed E-state index contributed by atoms with van der Waals surface area (Å²) in [5, 5.41) is 5.43. The first kappa shape index (κ1) is 29.7. The van der Waals surface area contributed by atoms with Crippen molar-refractivity contribution in [2.45, 2.75) is 92.9 Å². The molecule has 0 aromatic carbocycles. The Labute approximate surface area is 212 Å². The summed E-state index contributed by atoms with van der Waals surface area (Å²) in [4.78, 5) is 11.7. The molecule has 0 fully saturated rings. The second-order valence-corrected chi connectivity index (χ2v) is 10.3. The van der Waals surface area contributed by atoms with Gasteiger partial charge in [-0.1, -0.05) is 52.2 Å². The topological polar surface area (TPSA) is 38.3 Å². The van der Waals surface area contributed by atoms with Crippen LogP contribution in [0, 0.1) is 0 Å². The van der Waals surface area contributed by atoms with Crippen molar-refractivity contribution in [3.05, 3.63) is 75.8 Å². The molecule has 0 aliphatic carbocycles. The van der Waals surface area contributed by atoms with Gasteiger partial charge in [0, 0.05) is 0 Å². The molecule has 1 aromatic heterocycles. The van der Waals surface area contributed by atoms with Crippen LogP contribution < -0.4 is 5.32 Å². The van der Waals surface area contributed by atoms with Gasteiger partial charge in [0.2, 0.25) is 0 Å². The maximum absolute atomic E-state index is 11.7. The molecule has 188 valence electrons. The van der Waals surface area contributed by atoms with Crippen LogP contribution in [0.2, 0.25) is 0 Å². The van der Waals surface area contributed by atoms with Crippen molar-refractivity contribution in [3.63, 3.8) is 0 Å². The van der Waals surface area contributed by atoms with Gasteiger partial charge in [0.25, 0.3) is 0 Å². The third-order valence-corrected chi connectivity index (χ3v) is 6.36. The molecule has 0 saturated heterocycles. The van der Waals surface area contributed by atoms with Gasteiger partial charge >= 0.3 is 6.09 Å². The van der Waals surface area contributed by atoms with Crippen molar-refractivity contribution in [1.82, 2.24) is 0 Å². The summed E-state index contributed by atoms with van der Waals surface area (Å²) in [6.07, 6.45) is 19.9. The molecule has 0 radical (unpaired) electrons. The summed E-state index contributed by atoms with van der Waals surface area (Å²) in [5.74, 6) is 0. The van der Waals surface area contributed by atoms with Gasteiger partial charge in [0.1, 0.15) is 6.61 Å². The second-order valence-electron chi connectivity index (χ2n) is 9.34. The highest BCUT2D eigenvalue weighted by Gasteiger charge is 2.02. The summed E-state index contributed by atoms with van der Waals surface area (Å²) in [6.45, 7) is 13.4. The Morgan fingerprint density at radius 3 is 1.68 bits per heavy atom. The summed E-state index contributed by atoms with van der Waals surface area (Å²) in [5.41, 5.74) is 7.08. The summed E-state index contributed by atoms with van der Waals surface area (Å²) in [7, 11) is 0. The van der Waals surface area contributed by atoms with E-state index in [4.69, 9.17) is 4.74 Å². The van der Waals surface area contributed by atoms with Gasteiger partial charge in [0.05, 0.1) is 5.00 Å². The van der Waals surface area contributed by atoms with Gasteiger partial charge in [0.15, 0.2) is 0 Å². The SMILES string of the molecule is CC(C)=CCC/C(C)=C/CC/C(C)=C/CC/C(C)=C/CC/C(C)=C/COC(=O)Nc1cccs1. The van der Waals surface area contributed by atoms with E-state index < -0.39 is 6.09 Å². The van der Waals surface area contributed by atoms with Crippen LogP contribution in [-0.4, -0.2) is 12.7 Å². The van der Waals surface area contributed by atoms with E-state index in [9.17, 15) is 4.79 Å². The van der Waals surface area contributed by atoms with Gasteiger partial charge in [-0.15, -0.1) is 11.3 Å². The normalized spacial score (nSPS) is 13.1. The van der Waals surface area contributed by atoms with E-state index in [2.05, 4.69) is 71.2 Å². The third kappa shape index (κ3) is 16.3. The number of thiophene rings is 1. The zero-order chi connectivity index (χ0) is 25.2. The van der Waals surface area contributed by atoms with Crippen LogP contribution in [0.4, 0.5) is 9.80 Å². The summed E-state index contributed by atoms with van der Waals surface area (Å²) in [6, 6.07) is 3.75. The van der Waals surface area contributed by atoms with Gasteiger partial charge in [-0.3, -0.25) is 5.32 Å². The Kier molecular flexibility index (Phi) is 15.8. The molecule has 0 unspecified atom stereocenters. The van der Waals surface area contributed by atoms with Crippen LogP contribution in [0.1, 0.15) is 92.9 Å². The quantitative estimate of drug-likeness (QED) is 0.252. The third-order valence-electron chi connectivity index (χ3n) is 5.58. The Hall–Kier alpha value is -2.33. The maximum Gasteiger partial charge on any atom is 0.412 e. The molecule has 0 aliphatic rings. The van der Waals surface area contributed by atoms with Crippen molar-refractivity contribution < 1.29 is 9.53 Å². The second kappa shape index (κ2) is 18.1. The number of rotatable bonds is 15. The van der Waals surface area contributed by atoms with E-state index in [1.165, 1.54) is 45.6 Å². The minimum absolute atomic E-state index is 0.306. The maximum atomic E-state index is 11.7. The first-order valence-corrected chi connectivity index (χ1v) is 13.4. The molecule has 0 spiro atoms. The highest BCUT2D eigenvalue weighted by Crippen LogP contribution is 2.16. The molecule has 1 aromatic rings. The number of hydrogen-bond acceptors (Lipinski definition) is 3. The predicted octanol–water partition coefficient (Wildman–Crippen LogP) is 10.2. The molecule has 1 amide bonds. The van der Waals surface area contributed by atoms with Crippen LogP contribution in [-0.2, 0) is 4.74 Å². The first-order valence-electron chi connectivity index (χ1n) is 12.5. The minimum Gasteiger partial charge on any atom is -0.445 e. The zero-order valence-corrected chi connectivity index (χ0v) is 23.0. The number of carbonyl (C=O) groups excluding carboxylic acids is 1. The van der Waals surface area contributed by atoms with Crippen molar-refractivity contribution >= 4 is 22.4 Å². The van der Waals surface area contributed by atoms with E-state index in [0.717, 1.165) is 49.9 Å². The van der Waals surface area contributed by atoms with Crippen LogP contribution in [0.5, 0.6) is 0 Å². The average molecular weight is 484 g/mol. The molecule has 34 heavy (non-hydrogen) atoms. The zero-order valence-electron chi connectivity index (χ0n) is 22.2. The lowest BCUT2D eigenvalue weighted by molar-refractivity contribution is 0.174. The Balaban J connectivity index is 2.19. The van der Waals surface area contributed by atoms with Crippen LogP contribution >= 0.6 is 11.3 Å². The molecular formula is C30H45NO2S. The number of amides is 1. The molecule has 0 atom stereocenters. The number of allylic oxidation sites excluding steroid dienone is 9. The summed E-state index contributed by atoms with van der Waals surface area (Å²) < 4.78 is 5.21. The highest BCUT2D eigenvalue weighted by molar-refractivity contribution is 7.14. The molecule has 0 saturated carbocycles. The van der Waals surface area contributed by atoms with Crippen molar-refractivity contribution in [2.24, 2.45) is 0 Å². The molecule has 1 heterocycles. The number of anilines is 1. The lowest BCUT2D eigenvalue weighted by Gasteiger charge is -2.04. The van der Waals surface area contributed by atoms with Crippen molar-refractivity contribution in [1.29, 1.82) is 0 Å². The Morgan fingerprint density at radius 2 is 1.24 bits per heavy atom. The first-order chi connectivity index (χ1) is 16.3. The van der Waals surface area contributed by atoms with Crippen LogP contribution in [0.3, 0.4) is 0 Å². The van der Waals surface area contributed by atoms with E-state index in [0.29, 0.717) is 6.61 Å². The highest BCUT2D eigenvalue weighted by atomic mass is 32.1. The minimum atomic E-state index is -0.406. The van der Waals surface area contributed by atoms with Gasteiger partial charge < -0.3 is 4.74 Å². The van der Waals surface area contributed by atoms with Gasteiger partial charge in [-0.05, 0) is 116 Å². The van der Waals surface area contributed by atoms with E-state index >= 15 is 0 Å². The molecule has 1 rings (SSSR count). The molecule has 0 bridgehead atoms. The fourth-order valence-corrected chi connectivity index (χ4v) is 3.98. The smallest absolute Gasteiger partial charge is 0.412 e. The fraction of sp³-hybridized carbons (Fsp3) is 0.500. The lowest BCUT2D eigenvalue weighted by atomic mass is 10.0. The molecule has 1 N–H and O–H groups in total. The summed E-state index contributed by atoms with van der Waals surface area (Å²) >= 11 is 1.48. The number of hydrogen-bond donors (Lipinski definition) is 1. The monoisotopic (exact) mass is 483 g/mol. The van der Waals surface area contributed by atoms with Crippen molar-refractivity contribution in [2.75, 3.05) is 11.9 Å². The molecule has 4 heteroatoms. The van der Waals surface area contributed by atoms with E-state index in [1.807, 2.05) is 23.6 Å². The van der Waals surface area contributed by atoms with Crippen molar-refractivity contribution in [3.8, 4) is 0 Å². The van der Waals surface area contributed by atoms with E-state index in [1.54, 1.807) is 0 Å². The Bertz CT molecular complexity index is 866.